The van der Waals surface area contributed by atoms with E-state index < -0.39 is 0 Å². The Hall–Kier alpha value is -3.79. The lowest BCUT2D eigenvalue weighted by molar-refractivity contribution is -0.139. The van der Waals surface area contributed by atoms with Crippen molar-refractivity contribution in [2.75, 3.05) is 13.7 Å². The van der Waals surface area contributed by atoms with Crippen LogP contribution in [-0.2, 0) is 22.4 Å². The van der Waals surface area contributed by atoms with E-state index in [1.165, 1.54) is 7.11 Å². The topological polar surface area (TPSA) is 84.1 Å². The van der Waals surface area contributed by atoms with Gasteiger partial charge >= 0.3 is 5.97 Å². The molecule has 0 aliphatic rings. The Labute approximate surface area is 212 Å². The minimum atomic E-state index is -0.366. The molecule has 0 bridgehead atoms. The Bertz CT molecular complexity index is 1470. The van der Waals surface area contributed by atoms with Gasteiger partial charge in [-0.1, -0.05) is 35.3 Å². The fourth-order valence-electron chi connectivity index (χ4n) is 3.86. The molecule has 0 atom stereocenters. The van der Waals surface area contributed by atoms with Crippen molar-refractivity contribution in [2.45, 2.75) is 12.8 Å². The second-order valence-electron chi connectivity index (χ2n) is 7.92. The summed E-state index contributed by atoms with van der Waals surface area (Å²) >= 11 is 12.1. The van der Waals surface area contributed by atoms with Gasteiger partial charge in [-0.2, -0.15) is 5.26 Å². The number of carbonyl (C=O) groups excluding carboxylic acids is 2. The summed E-state index contributed by atoms with van der Waals surface area (Å²) in [6.45, 7) is 0.433. The van der Waals surface area contributed by atoms with Gasteiger partial charge in [0.05, 0.1) is 30.3 Å². The van der Waals surface area contributed by atoms with Gasteiger partial charge < -0.3 is 14.6 Å². The normalized spacial score (nSPS) is 10.7. The molecule has 1 amide bonds. The first-order valence-electron chi connectivity index (χ1n) is 10.8. The number of fused-ring (bicyclic) bond motifs is 1. The highest BCUT2D eigenvalue weighted by Gasteiger charge is 2.13. The molecular formula is C27H21Cl2N3O3. The van der Waals surface area contributed by atoms with E-state index in [-0.39, 0.29) is 18.3 Å². The Morgan fingerprint density at radius 3 is 2.63 bits per heavy atom. The first-order valence-corrected chi connectivity index (χ1v) is 11.6. The second-order valence-corrected chi connectivity index (χ2v) is 8.76. The summed E-state index contributed by atoms with van der Waals surface area (Å²) in [6, 6.07) is 20.1. The Morgan fingerprint density at radius 1 is 1.06 bits per heavy atom. The zero-order valence-electron chi connectivity index (χ0n) is 18.8. The van der Waals surface area contributed by atoms with Crippen molar-refractivity contribution < 1.29 is 14.3 Å². The van der Waals surface area contributed by atoms with Crippen LogP contribution in [0.2, 0.25) is 10.0 Å². The van der Waals surface area contributed by atoms with Crippen LogP contribution in [0.4, 0.5) is 0 Å². The Balaban J connectivity index is 1.50. The maximum Gasteiger partial charge on any atom is 0.309 e. The predicted octanol–water partition coefficient (Wildman–Crippen LogP) is 5.50. The summed E-state index contributed by atoms with van der Waals surface area (Å²) in [5, 5.41) is 14.6. The second kappa shape index (κ2) is 10.6. The largest absolute Gasteiger partial charge is 0.469 e. The van der Waals surface area contributed by atoms with Crippen molar-refractivity contribution in [1.82, 2.24) is 9.88 Å². The summed E-state index contributed by atoms with van der Waals surface area (Å²) in [4.78, 5) is 24.3. The average molecular weight is 506 g/mol. The predicted molar refractivity (Wildman–Crippen MR) is 136 cm³/mol. The van der Waals surface area contributed by atoms with Crippen LogP contribution in [0, 0.1) is 11.3 Å². The SMILES string of the molecule is COC(=O)Cc1ccc(-n2ccc3cc(C(=O)NCCc4ccc(Cl)cc4Cl)ccc32)c(C#N)c1. The molecule has 1 N–H and O–H groups in total. The van der Waals surface area contributed by atoms with Gasteiger partial charge in [-0.05, 0) is 66.1 Å². The number of benzene rings is 3. The molecule has 0 spiro atoms. The van der Waals surface area contributed by atoms with Crippen LogP contribution < -0.4 is 5.32 Å². The van der Waals surface area contributed by atoms with E-state index in [9.17, 15) is 14.9 Å². The molecule has 0 aliphatic carbocycles. The number of nitrogens with zero attached hydrogens (tertiary/aromatic N) is 2. The van der Waals surface area contributed by atoms with E-state index in [1.807, 2.05) is 35.0 Å². The van der Waals surface area contributed by atoms with Crippen LogP contribution in [0.1, 0.15) is 27.0 Å². The summed E-state index contributed by atoms with van der Waals surface area (Å²) in [6.07, 6.45) is 2.54. The third kappa shape index (κ3) is 5.48. The number of hydrogen-bond donors (Lipinski definition) is 1. The third-order valence-electron chi connectivity index (χ3n) is 5.66. The number of esters is 1. The third-order valence-corrected chi connectivity index (χ3v) is 6.25. The average Bonchev–Trinajstić information content (AvgIpc) is 3.28. The van der Waals surface area contributed by atoms with Crippen LogP contribution in [0.15, 0.2) is 66.9 Å². The number of amides is 1. The number of hydrogen-bond acceptors (Lipinski definition) is 4. The molecule has 4 aromatic rings. The van der Waals surface area contributed by atoms with E-state index in [0.29, 0.717) is 45.4 Å². The first kappa shape index (κ1) is 24.3. The molecule has 176 valence electrons. The molecule has 0 saturated carbocycles. The highest BCUT2D eigenvalue weighted by molar-refractivity contribution is 6.35. The molecule has 6 nitrogen and oxygen atoms in total. The van der Waals surface area contributed by atoms with E-state index in [2.05, 4.69) is 11.4 Å². The van der Waals surface area contributed by atoms with Gasteiger partial charge in [-0.25, -0.2) is 0 Å². The van der Waals surface area contributed by atoms with E-state index in [1.54, 1.807) is 36.4 Å². The van der Waals surface area contributed by atoms with E-state index in [4.69, 9.17) is 27.9 Å². The minimum absolute atomic E-state index is 0.0978. The maximum atomic E-state index is 12.7. The standard InChI is InChI=1S/C27H21Cl2N3O3/c1-35-26(33)13-17-2-6-25(21(12-17)16-30)32-11-9-19-14-20(4-7-24(19)32)27(34)31-10-8-18-3-5-22(28)15-23(18)29/h2-7,9,11-12,14-15H,8,10,13H2,1H3,(H,31,34). The monoisotopic (exact) mass is 505 g/mol. The lowest BCUT2D eigenvalue weighted by Crippen LogP contribution is -2.25. The van der Waals surface area contributed by atoms with Gasteiger partial charge in [0.2, 0.25) is 0 Å². The van der Waals surface area contributed by atoms with Crippen LogP contribution in [0.25, 0.3) is 16.6 Å². The number of nitrogens with one attached hydrogen (secondary N) is 1. The zero-order valence-corrected chi connectivity index (χ0v) is 20.4. The maximum absolute atomic E-state index is 12.7. The molecule has 0 aliphatic heterocycles. The molecule has 0 saturated heterocycles. The summed E-state index contributed by atoms with van der Waals surface area (Å²) in [7, 11) is 1.33. The first-order chi connectivity index (χ1) is 16.9. The highest BCUT2D eigenvalue weighted by atomic mass is 35.5. The highest BCUT2D eigenvalue weighted by Crippen LogP contribution is 2.25. The fraction of sp³-hybridized carbons (Fsp3) is 0.148. The van der Waals surface area contributed by atoms with Crippen LogP contribution in [-0.4, -0.2) is 30.1 Å². The van der Waals surface area contributed by atoms with Crippen LogP contribution >= 0.6 is 23.2 Å². The van der Waals surface area contributed by atoms with Crippen molar-refractivity contribution in [3.63, 3.8) is 0 Å². The fourth-order valence-corrected chi connectivity index (χ4v) is 4.37. The summed E-state index contributed by atoms with van der Waals surface area (Å²) in [5.41, 5.74) is 4.13. The molecule has 35 heavy (non-hydrogen) atoms. The smallest absolute Gasteiger partial charge is 0.309 e. The van der Waals surface area contributed by atoms with Crippen molar-refractivity contribution >= 4 is 46.0 Å². The number of carbonyl (C=O) groups is 2. The molecule has 1 aromatic heterocycles. The van der Waals surface area contributed by atoms with Crippen molar-refractivity contribution in [1.29, 1.82) is 5.26 Å². The molecule has 0 radical (unpaired) electrons. The molecule has 4 rings (SSSR count). The summed E-state index contributed by atoms with van der Waals surface area (Å²) in [5.74, 6) is -0.551. The Kier molecular flexibility index (Phi) is 7.40. The zero-order chi connectivity index (χ0) is 24.9. The van der Waals surface area contributed by atoms with Gasteiger partial charge in [-0.15, -0.1) is 0 Å². The molecule has 3 aromatic carbocycles. The molecule has 0 fully saturated rings. The minimum Gasteiger partial charge on any atom is -0.469 e. The van der Waals surface area contributed by atoms with Gasteiger partial charge in [0.15, 0.2) is 0 Å². The van der Waals surface area contributed by atoms with Gasteiger partial charge in [0.1, 0.15) is 6.07 Å². The number of rotatable bonds is 7. The lowest BCUT2D eigenvalue weighted by atomic mass is 10.1. The van der Waals surface area contributed by atoms with E-state index >= 15 is 0 Å². The molecule has 8 heteroatoms. The molecule has 1 heterocycles. The number of aromatic nitrogens is 1. The van der Waals surface area contributed by atoms with Crippen molar-refractivity contribution in [3.8, 4) is 11.8 Å². The number of ether oxygens (including phenoxy) is 1. The number of nitriles is 1. The number of methoxy groups -OCH3 is 1. The Morgan fingerprint density at radius 2 is 1.89 bits per heavy atom. The van der Waals surface area contributed by atoms with Crippen molar-refractivity contribution in [2.24, 2.45) is 0 Å². The van der Waals surface area contributed by atoms with E-state index in [0.717, 1.165) is 16.5 Å². The van der Waals surface area contributed by atoms with Gasteiger partial charge in [0.25, 0.3) is 5.91 Å². The van der Waals surface area contributed by atoms with Gasteiger partial charge in [0, 0.05) is 33.7 Å². The molecular weight excluding hydrogens is 485 g/mol. The molecule has 0 unspecified atom stereocenters. The summed E-state index contributed by atoms with van der Waals surface area (Å²) < 4.78 is 6.59. The lowest BCUT2D eigenvalue weighted by Gasteiger charge is -2.10. The number of halogens is 2. The van der Waals surface area contributed by atoms with Crippen molar-refractivity contribution in [3.05, 3.63) is 99.2 Å². The van der Waals surface area contributed by atoms with Crippen LogP contribution in [0.5, 0.6) is 0 Å². The van der Waals surface area contributed by atoms with Gasteiger partial charge in [-0.3, -0.25) is 9.59 Å². The van der Waals surface area contributed by atoms with Crippen LogP contribution in [0.3, 0.4) is 0 Å². The quantitative estimate of drug-likeness (QED) is 0.336.